The van der Waals surface area contributed by atoms with Gasteiger partial charge in [-0.25, -0.2) is 0 Å². The number of carbonyl (C=O) groups excluding carboxylic acids is 2. The Hall–Kier alpha value is -1.73. The molecule has 0 N–H and O–H groups in total. The van der Waals surface area contributed by atoms with E-state index in [2.05, 4.69) is 9.80 Å². The normalized spacial score (nSPS) is 26.0. The molecule has 30 heavy (non-hydrogen) atoms. The summed E-state index contributed by atoms with van der Waals surface area (Å²) in [7, 11) is 1.63. The first-order valence-electron chi connectivity index (χ1n) is 11.2. The van der Waals surface area contributed by atoms with Crippen LogP contribution in [0.3, 0.4) is 0 Å². The molecule has 0 aliphatic carbocycles. The molecule has 2 atom stereocenters. The molecule has 2 amide bonds. The zero-order valence-electron chi connectivity index (χ0n) is 17.9. The predicted molar refractivity (Wildman–Crippen MR) is 121 cm³/mol. The highest BCUT2D eigenvalue weighted by Gasteiger charge is 2.39. The molecule has 3 heterocycles. The maximum absolute atomic E-state index is 13.5. The van der Waals surface area contributed by atoms with Crippen LogP contribution in [-0.4, -0.2) is 79.0 Å². The molecule has 164 valence electrons. The lowest BCUT2D eigenvalue weighted by atomic mass is 10.0. The van der Waals surface area contributed by atoms with Gasteiger partial charge in [0.15, 0.2) is 0 Å². The average Bonchev–Trinajstić information content (AvgIpc) is 3.02. The lowest BCUT2D eigenvalue weighted by Gasteiger charge is -2.36. The summed E-state index contributed by atoms with van der Waals surface area (Å²) in [6.45, 7) is 4.57. The number of hydrogen-bond acceptors (Lipinski definition) is 5. The fraction of sp³-hybridized carbons (Fsp3) is 0.652. The minimum absolute atomic E-state index is 0.0373. The first kappa shape index (κ1) is 21.5. The van der Waals surface area contributed by atoms with Crippen molar-refractivity contribution in [1.82, 2.24) is 9.80 Å². The van der Waals surface area contributed by atoms with Crippen molar-refractivity contribution in [2.75, 3.05) is 56.2 Å². The smallest absolute Gasteiger partial charge is 0.228 e. The average molecular weight is 432 g/mol. The number of hydrogen-bond donors (Lipinski definition) is 0. The number of likely N-dealkylation sites (tertiary alicyclic amines) is 1. The Balaban J connectivity index is 1.43. The Morgan fingerprint density at radius 1 is 1.10 bits per heavy atom. The minimum Gasteiger partial charge on any atom is -0.497 e. The van der Waals surface area contributed by atoms with E-state index in [4.69, 9.17) is 4.74 Å². The van der Waals surface area contributed by atoms with Gasteiger partial charge in [-0.15, -0.1) is 0 Å². The maximum Gasteiger partial charge on any atom is 0.228 e. The highest BCUT2D eigenvalue weighted by atomic mass is 32.2. The van der Waals surface area contributed by atoms with E-state index >= 15 is 0 Å². The highest BCUT2D eigenvalue weighted by Crippen LogP contribution is 2.29. The molecule has 0 spiro atoms. The molecule has 0 aromatic heterocycles. The number of benzene rings is 1. The number of piperidine rings is 1. The van der Waals surface area contributed by atoms with Crippen LogP contribution in [-0.2, 0) is 9.59 Å². The summed E-state index contributed by atoms with van der Waals surface area (Å²) < 4.78 is 5.21. The number of thioether (sulfide) groups is 1. The van der Waals surface area contributed by atoms with E-state index in [1.54, 1.807) is 12.0 Å². The number of anilines is 1. The molecule has 2 unspecified atom stereocenters. The molecule has 1 aromatic rings. The number of nitrogens with zero attached hydrogens (tertiary/aromatic N) is 3. The number of carbonyl (C=O) groups is 2. The second kappa shape index (κ2) is 10.1. The van der Waals surface area contributed by atoms with Crippen LogP contribution in [0.2, 0.25) is 0 Å². The summed E-state index contributed by atoms with van der Waals surface area (Å²) in [6.07, 6.45) is 5.20. The molecule has 0 bridgehead atoms. The fourth-order valence-electron chi connectivity index (χ4n) is 4.83. The lowest BCUT2D eigenvalue weighted by molar-refractivity contribution is -0.138. The quantitative estimate of drug-likeness (QED) is 0.718. The van der Waals surface area contributed by atoms with Crippen molar-refractivity contribution in [3.05, 3.63) is 24.3 Å². The van der Waals surface area contributed by atoms with Gasteiger partial charge in [-0.3, -0.25) is 9.59 Å². The Morgan fingerprint density at radius 3 is 2.60 bits per heavy atom. The molecule has 3 aliphatic rings. The summed E-state index contributed by atoms with van der Waals surface area (Å²) in [5, 5.41) is 0. The van der Waals surface area contributed by atoms with Crippen LogP contribution in [0.1, 0.15) is 32.1 Å². The van der Waals surface area contributed by atoms with E-state index in [1.807, 2.05) is 36.0 Å². The maximum atomic E-state index is 13.5. The SMILES string of the molecule is COc1ccc(N2CC(C(=O)N3CCCSCC3CN3CCCCC3)CC2=O)cc1. The standard InChI is InChI=1S/C23H33N3O3S/c1-29-21-8-6-19(7-9-21)26-15-18(14-22(26)27)23(28)25-12-5-13-30-17-20(25)16-24-10-3-2-4-11-24/h6-9,18,20H,2-5,10-17H2,1H3. The molecule has 7 heteroatoms. The fourth-order valence-corrected chi connectivity index (χ4v) is 5.89. The number of methoxy groups -OCH3 is 1. The third kappa shape index (κ3) is 4.94. The first-order chi connectivity index (χ1) is 14.7. The Kier molecular flexibility index (Phi) is 7.20. The summed E-state index contributed by atoms with van der Waals surface area (Å²) in [5.41, 5.74) is 0.840. The largest absolute Gasteiger partial charge is 0.497 e. The molecule has 1 aromatic carbocycles. The van der Waals surface area contributed by atoms with Crippen LogP contribution < -0.4 is 9.64 Å². The molecule has 0 saturated carbocycles. The molecular weight excluding hydrogens is 398 g/mol. The van der Waals surface area contributed by atoms with E-state index < -0.39 is 0 Å². The van der Waals surface area contributed by atoms with Crippen molar-refractivity contribution >= 4 is 29.3 Å². The van der Waals surface area contributed by atoms with Gasteiger partial charge in [-0.1, -0.05) is 6.42 Å². The third-order valence-electron chi connectivity index (χ3n) is 6.50. The van der Waals surface area contributed by atoms with E-state index in [0.717, 1.165) is 55.5 Å². The van der Waals surface area contributed by atoms with Gasteiger partial charge in [0.05, 0.1) is 19.1 Å². The van der Waals surface area contributed by atoms with Gasteiger partial charge in [0.25, 0.3) is 0 Å². The van der Waals surface area contributed by atoms with Crippen LogP contribution in [0.15, 0.2) is 24.3 Å². The van der Waals surface area contributed by atoms with Crippen LogP contribution in [0.4, 0.5) is 5.69 Å². The van der Waals surface area contributed by atoms with E-state index in [1.165, 1.54) is 19.3 Å². The summed E-state index contributed by atoms with van der Waals surface area (Å²) in [6, 6.07) is 7.77. The monoisotopic (exact) mass is 431 g/mol. The molecule has 3 saturated heterocycles. The molecular formula is C23H33N3O3S. The molecule has 6 nitrogen and oxygen atoms in total. The third-order valence-corrected chi connectivity index (χ3v) is 7.70. The zero-order valence-corrected chi connectivity index (χ0v) is 18.7. The van der Waals surface area contributed by atoms with Crippen LogP contribution in [0, 0.1) is 5.92 Å². The van der Waals surface area contributed by atoms with Crippen molar-refractivity contribution in [2.45, 2.75) is 38.1 Å². The number of ether oxygens (including phenoxy) is 1. The van der Waals surface area contributed by atoms with E-state index in [-0.39, 0.29) is 23.8 Å². The molecule has 3 fully saturated rings. The van der Waals surface area contributed by atoms with Crippen molar-refractivity contribution in [3.63, 3.8) is 0 Å². The Bertz CT molecular complexity index is 736. The Morgan fingerprint density at radius 2 is 1.87 bits per heavy atom. The first-order valence-corrected chi connectivity index (χ1v) is 12.4. The van der Waals surface area contributed by atoms with Gasteiger partial charge < -0.3 is 19.4 Å². The second-order valence-electron chi connectivity index (χ2n) is 8.58. The number of amides is 2. The molecule has 3 aliphatic heterocycles. The van der Waals surface area contributed by atoms with Gasteiger partial charge >= 0.3 is 0 Å². The lowest BCUT2D eigenvalue weighted by Crippen LogP contribution is -2.51. The van der Waals surface area contributed by atoms with E-state index in [0.29, 0.717) is 13.0 Å². The number of rotatable bonds is 5. The topological polar surface area (TPSA) is 53.1 Å². The molecule has 4 rings (SSSR count). The van der Waals surface area contributed by atoms with E-state index in [9.17, 15) is 9.59 Å². The zero-order chi connectivity index (χ0) is 20.9. The summed E-state index contributed by atoms with van der Waals surface area (Å²) in [5.74, 6) is 2.85. The van der Waals surface area contributed by atoms with Crippen molar-refractivity contribution in [1.29, 1.82) is 0 Å². The van der Waals surface area contributed by atoms with Gasteiger partial charge in [0.2, 0.25) is 11.8 Å². The van der Waals surface area contributed by atoms with Crippen molar-refractivity contribution in [3.8, 4) is 5.75 Å². The Labute approximate surface area is 183 Å². The summed E-state index contributed by atoms with van der Waals surface area (Å²) in [4.78, 5) is 32.6. The molecule has 0 radical (unpaired) electrons. The summed E-state index contributed by atoms with van der Waals surface area (Å²) >= 11 is 1.97. The van der Waals surface area contributed by atoms with Crippen LogP contribution in [0.25, 0.3) is 0 Å². The highest BCUT2D eigenvalue weighted by molar-refractivity contribution is 7.99. The predicted octanol–water partition coefficient (Wildman–Crippen LogP) is 2.87. The van der Waals surface area contributed by atoms with Gasteiger partial charge in [0.1, 0.15) is 5.75 Å². The van der Waals surface area contributed by atoms with Gasteiger partial charge in [0, 0.05) is 37.5 Å². The second-order valence-corrected chi connectivity index (χ2v) is 9.73. The van der Waals surface area contributed by atoms with Gasteiger partial charge in [-0.2, -0.15) is 11.8 Å². The van der Waals surface area contributed by atoms with Crippen LogP contribution in [0.5, 0.6) is 5.75 Å². The minimum atomic E-state index is -0.244. The van der Waals surface area contributed by atoms with Crippen molar-refractivity contribution < 1.29 is 14.3 Å². The van der Waals surface area contributed by atoms with Crippen molar-refractivity contribution in [2.24, 2.45) is 5.92 Å². The van der Waals surface area contributed by atoms with Crippen LogP contribution >= 0.6 is 11.8 Å². The van der Waals surface area contributed by atoms with Gasteiger partial charge in [-0.05, 0) is 62.4 Å².